The lowest BCUT2D eigenvalue weighted by Crippen LogP contribution is -2.61. The van der Waals surface area contributed by atoms with Crippen LogP contribution in [0.2, 0.25) is 0 Å². The first-order chi connectivity index (χ1) is 38.7. The van der Waals surface area contributed by atoms with Gasteiger partial charge in [-0.25, -0.2) is 0 Å². The zero-order valence-electron chi connectivity index (χ0n) is 49.7. The number of hydrogen-bond acceptors (Lipinski definition) is 10. The molecule has 79 heavy (non-hydrogen) atoms. The number of rotatable bonds is 51. The van der Waals surface area contributed by atoms with Gasteiger partial charge in [0, 0.05) is 6.42 Å². The van der Waals surface area contributed by atoms with Gasteiger partial charge in [0.15, 0.2) is 12.4 Å². The number of unbranched alkanes of at least 4 members (excludes halogenated alkanes) is 19. The number of nitrogens with one attached hydrogen (secondary N) is 1. The minimum absolute atomic E-state index is 0.0599. The third kappa shape index (κ3) is 42.6. The summed E-state index contributed by atoms with van der Waals surface area (Å²) in [5.41, 5.74) is 0. The normalized spacial score (nSPS) is 19.7. The predicted octanol–water partition coefficient (Wildman–Crippen LogP) is 15.1. The van der Waals surface area contributed by atoms with E-state index in [9.17, 15) is 35.1 Å². The number of carbonyl (C=O) groups excluding carboxylic acids is 2. The molecule has 1 amide bonds. The molecule has 0 aromatic heterocycles. The summed E-state index contributed by atoms with van der Waals surface area (Å²) >= 11 is 0. The van der Waals surface area contributed by atoms with Gasteiger partial charge in [0.1, 0.15) is 24.4 Å². The van der Waals surface area contributed by atoms with Gasteiger partial charge >= 0.3 is 5.97 Å². The smallest absolute Gasteiger partial charge is 0.306 e. The Bertz CT molecular complexity index is 1740. The number of ether oxygens (including phenoxy) is 3. The molecule has 1 aliphatic rings. The molecule has 8 atom stereocenters. The van der Waals surface area contributed by atoms with Crippen molar-refractivity contribution < 1.29 is 49.3 Å². The molecule has 0 aromatic rings. The minimum Gasteiger partial charge on any atom is -0.454 e. The molecule has 1 heterocycles. The summed E-state index contributed by atoms with van der Waals surface area (Å²) in [4.78, 5) is 26.5. The molecule has 11 nitrogen and oxygen atoms in total. The predicted molar refractivity (Wildman–Crippen MR) is 328 cm³/mol. The molecule has 0 aliphatic carbocycles. The molecule has 0 bridgehead atoms. The van der Waals surface area contributed by atoms with Crippen molar-refractivity contribution >= 4 is 11.9 Å². The van der Waals surface area contributed by atoms with Crippen LogP contribution < -0.4 is 5.32 Å². The standard InChI is InChI=1S/C68H113NO10/c1-4-7-10-13-16-19-22-24-26-28-30-31-32-34-36-38-41-44-47-50-53-56-63(73)79-66-65(75)64(74)62(57-70)78-68(66)77-58-59(60(71)54-51-48-45-42-39-21-18-15-12-9-6-3)69-67(76)61(72)55-52-49-46-43-40-37-35-33-29-27-25-23-20-17-14-11-8-5-2/h7,10,16-17,19-20,24-27,30-31,33-36,41,44,51,54,59-62,64-66,68,70-72,74-75H,4-6,8-9,11-15,18,21-23,28-29,32,37-40,42-43,45-50,52-53,55-58H2,1-3H3,(H,69,76)/b10-7-,19-16-,20-17-,26-24-,27-25-,31-30-,35-33-,36-34-,44-41-,54-51+. The monoisotopic (exact) mass is 1100 g/mol. The molecule has 1 fully saturated rings. The van der Waals surface area contributed by atoms with Crippen LogP contribution in [0.4, 0.5) is 0 Å². The van der Waals surface area contributed by atoms with E-state index in [4.69, 9.17) is 14.2 Å². The Hall–Kier alpha value is -3.94. The number of aliphatic hydroxyl groups is 5. The van der Waals surface area contributed by atoms with Crippen molar-refractivity contribution in [2.24, 2.45) is 0 Å². The molecular weight excluding hydrogens is 991 g/mol. The quantitative estimate of drug-likeness (QED) is 0.0195. The van der Waals surface area contributed by atoms with Crippen LogP contribution in [-0.4, -0.2) is 99.6 Å². The number of hydrogen-bond donors (Lipinski definition) is 6. The van der Waals surface area contributed by atoms with E-state index in [1.807, 2.05) is 6.08 Å². The first kappa shape index (κ1) is 73.1. The fraction of sp³-hybridized carbons (Fsp3) is 0.676. The Morgan fingerprint density at radius 1 is 0.506 bits per heavy atom. The number of aliphatic hydroxyl groups excluding tert-OH is 5. The van der Waals surface area contributed by atoms with Crippen LogP contribution in [0.15, 0.2) is 122 Å². The lowest BCUT2D eigenvalue weighted by molar-refractivity contribution is -0.305. The molecule has 8 unspecified atom stereocenters. The summed E-state index contributed by atoms with van der Waals surface area (Å²) < 4.78 is 17.6. The fourth-order valence-electron chi connectivity index (χ4n) is 8.89. The Kier molecular flexibility index (Phi) is 50.5. The molecule has 1 aliphatic heterocycles. The molecule has 0 aromatic carbocycles. The highest BCUT2D eigenvalue weighted by atomic mass is 16.7. The van der Waals surface area contributed by atoms with Crippen molar-refractivity contribution in [1.29, 1.82) is 0 Å². The van der Waals surface area contributed by atoms with Crippen molar-refractivity contribution in [2.75, 3.05) is 13.2 Å². The van der Waals surface area contributed by atoms with Crippen LogP contribution in [0.3, 0.4) is 0 Å². The SMILES string of the molecule is CC/C=C\C/C=C\C/C=C\C/C=C\C/C=C\C/C=C\CCCCC(=O)OC1C(OCC(NC(=O)C(O)CCCCCCC/C=C\C/C=C\C/C=C\CCCCC)C(O)/C=C/CCCCCCCCCCC)OC(CO)C(O)C1O. The van der Waals surface area contributed by atoms with Crippen LogP contribution in [0.5, 0.6) is 0 Å². The van der Waals surface area contributed by atoms with E-state index in [0.717, 1.165) is 122 Å². The Balaban J connectivity index is 2.71. The van der Waals surface area contributed by atoms with Gasteiger partial charge in [0.25, 0.3) is 0 Å². The second-order valence-corrected chi connectivity index (χ2v) is 21.0. The van der Waals surface area contributed by atoms with Gasteiger partial charge in [-0.1, -0.05) is 232 Å². The first-order valence-corrected chi connectivity index (χ1v) is 31.3. The van der Waals surface area contributed by atoms with Crippen molar-refractivity contribution in [3.8, 4) is 0 Å². The van der Waals surface area contributed by atoms with E-state index in [-0.39, 0.29) is 19.4 Å². The molecule has 1 rings (SSSR count). The summed E-state index contributed by atoms with van der Waals surface area (Å²) in [5.74, 6) is -1.26. The summed E-state index contributed by atoms with van der Waals surface area (Å²) in [5, 5.41) is 56.9. The molecule has 0 saturated carbocycles. The van der Waals surface area contributed by atoms with E-state index < -0.39 is 67.4 Å². The molecule has 6 N–H and O–H groups in total. The van der Waals surface area contributed by atoms with E-state index in [1.54, 1.807) is 6.08 Å². The average molecular weight is 1100 g/mol. The third-order valence-corrected chi connectivity index (χ3v) is 13.8. The molecular formula is C68H113NO10. The van der Waals surface area contributed by atoms with E-state index in [1.165, 1.54) is 64.2 Å². The van der Waals surface area contributed by atoms with Gasteiger partial charge in [-0.2, -0.15) is 0 Å². The van der Waals surface area contributed by atoms with Gasteiger partial charge in [-0.05, 0) is 116 Å². The first-order valence-electron chi connectivity index (χ1n) is 31.3. The van der Waals surface area contributed by atoms with E-state index in [0.29, 0.717) is 12.8 Å². The van der Waals surface area contributed by atoms with Gasteiger partial charge in [0.2, 0.25) is 5.91 Å². The summed E-state index contributed by atoms with van der Waals surface area (Å²) in [6.07, 6.45) is 65.2. The van der Waals surface area contributed by atoms with Crippen LogP contribution in [0.25, 0.3) is 0 Å². The van der Waals surface area contributed by atoms with Crippen LogP contribution in [0.1, 0.15) is 233 Å². The second kappa shape index (κ2) is 54.6. The van der Waals surface area contributed by atoms with Crippen LogP contribution in [0, 0.1) is 0 Å². The van der Waals surface area contributed by atoms with E-state index in [2.05, 4.69) is 135 Å². The summed E-state index contributed by atoms with van der Waals surface area (Å²) in [6.45, 7) is 5.59. The van der Waals surface area contributed by atoms with Gasteiger partial charge in [-0.3, -0.25) is 9.59 Å². The van der Waals surface area contributed by atoms with Crippen molar-refractivity contribution in [2.45, 2.75) is 282 Å². The zero-order chi connectivity index (χ0) is 57.5. The van der Waals surface area contributed by atoms with Gasteiger partial charge in [0.05, 0.1) is 25.4 Å². The largest absolute Gasteiger partial charge is 0.454 e. The second-order valence-electron chi connectivity index (χ2n) is 21.0. The fourth-order valence-corrected chi connectivity index (χ4v) is 8.89. The maximum Gasteiger partial charge on any atom is 0.306 e. The molecule has 0 spiro atoms. The Morgan fingerprint density at radius 3 is 1.39 bits per heavy atom. The lowest BCUT2D eigenvalue weighted by Gasteiger charge is -2.41. The topological polar surface area (TPSA) is 175 Å². The zero-order valence-corrected chi connectivity index (χ0v) is 49.7. The third-order valence-electron chi connectivity index (χ3n) is 13.8. The minimum atomic E-state index is -1.64. The molecule has 0 radical (unpaired) electrons. The molecule has 11 heteroatoms. The number of amides is 1. The summed E-state index contributed by atoms with van der Waals surface area (Å²) in [6, 6.07) is -1.05. The van der Waals surface area contributed by atoms with Gasteiger partial charge < -0.3 is 45.1 Å². The molecule has 1 saturated heterocycles. The maximum absolute atomic E-state index is 13.4. The molecule has 450 valence electrons. The van der Waals surface area contributed by atoms with Crippen LogP contribution >= 0.6 is 0 Å². The number of allylic oxidation sites excluding steroid dienone is 19. The van der Waals surface area contributed by atoms with Crippen molar-refractivity contribution in [1.82, 2.24) is 5.32 Å². The van der Waals surface area contributed by atoms with Crippen molar-refractivity contribution in [3.63, 3.8) is 0 Å². The maximum atomic E-state index is 13.4. The Morgan fingerprint density at radius 2 is 0.911 bits per heavy atom. The van der Waals surface area contributed by atoms with Crippen LogP contribution in [-0.2, 0) is 23.8 Å². The number of carbonyl (C=O) groups is 2. The van der Waals surface area contributed by atoms with E-state index >= 15 is 0 Å². The van der Waals surface area contributed by atoms with Gasteiger partial charge in [-0.15, -0.1) is 0 Å². The number of esters is 1. The average Bonchev–Trinajstić information content (AvgIpc) is 3.47. The van der Waals surface area contributed by atoms with Crippen molar-refractivity contribution in [3.05, 3.63) is 122 Å². The Labute approximate surface area is 480 Å². The lowest BCUT2D eigenvalue weighted by atomic mass is 9.99. The highest BCUT2D eigenvalue weighted by molar-refractivity contribution is 5.80. The summed E-state index contributed by atoms with van der Waals surface area (Å²) in [7, 11) is 0. The highest BCUT2D eigenvalue weighted by Gasteiger charge is 2.47. The highest BCUT2D eigenvalue weighted by Crippen LogP contribution is 2.26.